The molecule has 114 valence electrons. The van der Waals surface area contributed by atoms with E-state index in [0.29, 0.717) is 10.6 Å². The lowest BCUT2D eigenvalue weighted by atomic mass is 10.1. The van der Waals surface area contributed by atoms with Gasteiger partial charge in [0.1, 0.15) is 0 Å². The average Bonchev–Trinajstić information content (AvgIpc) is 2.53. The Hall–Kier alpha value is -2.11. The minimum atomic E-state index is -1.03. The minimum absolute atomic E-state index is 0.183. The largest absolute Gasteiger partial charge is 0.467 e. The molecular formula is C15H12Cl2N2O3. The van der Waals surface area contributed by atoms with Crippen molar-refractivity contribution >= 4 is 35.1 Å². The Bertz CT molecular complexity index is 707. The van der Waals surface area contributed by atoms with E-state index in [9.17, 15) is 9.59 Å². The first-order valence-corrected chi connectivity index (χ1v) is 7.02. The maximum absolute atomic E-state index is 12.3. The topological polar surface area (TPSA) is 68.3 Å². The molecule has 1 aromatic heterocycles. The number of amides is 1. The number of aromatic nitrogens is 1. The monoisotopic (exact) mass is 338 g/mol. The Kier molecular flexibility index (Phi) is 5.35. The summed E-state index contributed by atoms with van der Waals surface area (Å²) in [5, 5.41) is 3.10. The first-order chi connectivity index (χ1) is 10.5. The Morgan fingerprint density at radius 3 is 2.55 bits per heavy atom. The number of carbonyl (C=O) groups excluding carboxylic acids is 2. The number of nitrogens with zero attached hydrogens (tertiary/aromatic N) is 1. The standard InChI is InChI=1S/C15H12Cl2N2O3/c1-22-15(21)13(9-4-2-3-5-11(9)16)19-14(20)10-6-7-18-8-12(10)17/h2-8,13H,1H3,(H,19,20)/t13-/m0/s1. The summed E-state index contributed by atoms with van der Waals surface area (Å²) in [6, 6.07) is 7.12. The smallest absolute Gasteiger partial charge is 0.333 e. The van der Waals surface area contributed by atoms with Crippen LogP contribution in [0.15, 0.2) is 42.7 Å². The first kappa shape index (κ1) is 16.3. The van der Waals surface area contributed by atoms with Gasteiger partial charge >= 0.3 is 5.97 Å². The third-order valence-corrected chi connectivity index (χ3v) is 3.59. The van der Waals surface area contributed by atoms with Crippen molar-refractivity contribution in [1.29, 1.82) is 0 Å². The highest BCUT2D eigenvalue weighted by molar-refractivity contribution is 6.33. The second kappa shape index (κ2) is 7.24. The van der Waals surface area contributed by atoms with Gasteiger partial charge in [0.25, 0.3) is 5.91 Å². The van der Waals surface area contributed by atoms with Crippen molar-refractivity contribution in [3.05, 3.63) is 63.9 Å². The molecule has 1 heterocycles. The van der Waals surface area contributed by atoms with Gasteiger partial charge in [0.15, 0.2) is 6.04 Å². The molecule has 5 nitrogen and oxygen atoms in total. The van der Waals surface area contributed by atoms with Crippen molar-refractivity contribution in [1.82, 2.24) is 10.3 Å². The normalized spacial score (nSPS) is 11.6. The van der Waals surface area contributed by atoms with E-state index in [1.807, 2.05) is 0 Å². The number of hydrogen-bond acceptors (Lipinski definition) is 4. The number of rotatable bonds is 4. The number of hydrogen-bond donors (Lipinski definition) is 1. The molecule has 7 heteroatoms. The lowest BCUT2D eigenvalue weighted by Gasteiger charge is -2.18. The summed E-state index contributed by atoms with van der Waals surface area (Å²) in [6.45, 7) is 0. The van der Waals surface area contributed by atoms with Crippen molar-refractivity contribution in [2.45, 2.75) is 6.04 Å². The highest BCUT2D eigenvalue weighted by atomic mass is 35.5. The van der Waals surface area contributed by atoms with E-state index in [4.69, 9.17) is 27.9 Å². The Morgan fingerprint density at radius 1 is 1.18 bits per heavy atom. The second-order valence-corrected chi connectivity index (χ2v) is 5.12. The van der Waals surface area contributed by atoms with E-state index in [-0.39, 0.29) is 10.6 Å². The average molecular weight is 339 g/mol. The van der Waals surface area contributed by atoms with Gasteiger partial charge < -0.3 is 10.1 Å². The van der Waals surface area contributed by atoms with Crippen molar-refractivity contribution < 1.29 is 14.3 Å². The van der Waals surface area contributed by atoms with Crippen LogP contribution < -0.4 is 5.32 Å². The zero-order chi connectivity index (χ0) is 16.1. The number of ether oxygens (including phenoxy) is 1. The summed E-state index contributed by atoms with van der Waals surface area (Å²) in [5.41, 5.74) is 0.646. The zero-order valence-corrected chi connectivity index (χ0v) is 13.1. The van der Waals surface area contributed by atoms with E-state index in [1.165, 1.54) is 25.6 Å². The summed E-state index contributed by atoms with van der Waals surface area (Å²) in [4.78, 5) is 28.1. The summed E-state index contributed by atoms with van der Waals surface area (Å²) in [7, 11) is 1.23. The molecule has 0 fully saturated rings. The van der Waals surface area contributed by atoms with Crippen LogP contribution in [0.5, 0.6) is 0 Å². The third-order valence-electron chi connectivity index (χ3n) is 2.95. The molecule has 0 saturated heterocycles. The summed E-state index contributed by atoms with van der Waals surface area (Å²) < 4.78 is 4.73. The number of pyridine rings is 1. The predicted molar refractivity (Wildman–Crippen MR) is 82.9 cm³/mol. The first-order valence-electron chi connectivity index (χ1n) is 6.27. The van der Waals surface area contributed by atoms with Crippen LogP contribution in [0, 0.1) is 0 Å². The van der Waals surface area contributed by atoms with Gasteiger partial charge in [0, 0.05) is 23.0 Å². The zero-order valence-electron chi connectivity index (χ0n) is 11.5. The molecule has 2 aromatic rings. The van der Waals surface area contributed by atoms with E-state index in [2.05, 4.69) is 10.3 Å². The fraction of sp³-hybridized carbons (Fsp3) is 0.133. The predicted octanol–water partition coefficient (Wildman–Crippen LogP) is 3.03. The fourth-order valence-electron chi connectivity index (χ4n) is 1.86. The van der Waals surface area contributed by atoms with Gasteiger partial charge in [0.2, 0.25) is 0 Å². The molecule has 2 rings (SSSR count). The van der Waals surface area contributed by atoms with Crippen LogP contribution in [0.2, 0.25) is 10.0 Å². The molecule has 0 saturated carbocycles. The van der Waals surface area contributed by atoms with Crippen LogP contribution in [0.25, 0.3) is 0 Å². The molecule has 1 amide bonds. The molecule has 1 atom stereocenters. The van der Waals surface area contributed by atoms with Crippen LogP contribution >= 0.6 is 23.2 Å². The van der Waals surface area contributed by atoms with Crippen LogP contribution in [-0.2, 0) is 9.53 Å². The number of carbonyl (C=O) groups is 2. The molecule has 22 heavy (non-hydrogen) atoms. The third kappa shape index (κ3) is 3.55. The Balaban J connectivity index is 2.32. The molecule has 0 unspecified atom stereocenters. The van der Waals surface area contributed by atoms with Crippen molar-refractivity contribution in [3.8, 4) is 0 Å². The van der Waals surface area contributed by atoms with Crippen LogP contribution in [0.4, 0.5) is 0 Å². The van der Waals surface area contributed by atoms with Gasteiger partial charge in [0.05, 0.1) is 17.7 Å². The molecule has 0 radical (unpaired) electrons. The lowest BCUT2D eigenvalue weighted by Crippen LogP contribution is -2.34. The van der Waals surface area contributed by atoms with Gasteiger partial charge in [-0.25, -0.2) is 4.79 Å². The summed E-state index contributed by atoms with van der Waals surface area (Å²) in [6.07, 6.45) is 2.78. The molecule has 0 aliphatic heterocycles. The van der Waals surface area contributed by atoms with Gasteiger partial charge in [-0.1, -0.05) is 41.4 Å². The van der Waals surface area contributed by atoms with E-state index in [0.717, 1.165) is 0 Å². The number of nitrogens with one attached hydrogen (secondary N) is 1. The van der Waals surface area contributed by atoms with Crippen LogP contribution in [-0.4, -0.2) is 24.0 Å². The van der Waals surface area contributed by atoms with Crippen molar-refractivity contribution in [3.63, 3.8) is 0 Å². The van der Waals surface area contributed by atoms with E-state index < -0.39 is 17.9 Å². The highest BCUT2D eigenvalue weighted by Crippen LogP contribution is 2.24. The van der Waals surface area contributed by atoms with Crippen LogP contribution in [0.3, 0.4) is 0 Å². The minimum Gasteiger partial charge on any atom is -0.467 e. The van der Waals surface area contributed by atoms with Gasteiger partial charge in [-0.2, -0.15) is 0 Å². The quantitative estimate of drug-likeness (QED) is 0.870. The number of benzene rings is 1. The fourth-order valence-corrected chi connectivity index (χ4v) is 2.31. The molecule has 1 N–H and O–H groups in total. The van der Waals surface area contributed by atoms with Gasteiger partial charge in [-0.05, 0) is 12.1 Å². The Morgan fingerprint density at radius 2 is 1.91 bits per heavy atom. The van der Waals surface area contributed by atoms with Crippen molar-refractivity contribution in [2.24, 2.45) is 0 Å². The van der Waals surface area contributed by atoms with Crippen LogP contribution in [0.1, 0.15) is 22.0 Å². The number of esters is 1. The number of methoxy groups -OCH3 is 1. The summed E-state index contributed by atoms with van der Waals surface area (Å²) in [5.74, 6) is -1.16. The molecule has 0 aliphatic rings. The van der Waals surface area contributed by atoms with Gasteiger partial charge in [-0.15, -0.1) is 0 Å². The summed E-state index contributed by atoms with van der Waals surface area (Å²) >= 11 is 12.0. The molecule has 1 aromatic carbocycles. The maximum atomic E-state index is 12.3. The lowest BCUT2D eigenvalue weighted by molar-refractivity contribution is -0.143. The van der Waals surface area contributed by atoms with Gasteiger partial charge in [-0.3, -0.25) is 9.78 Å². The molecular weight excluding hydrogens is 327 g/mol. The molecule has 0 aliphatic carbocycles. The molecule has 0 bridgehead atoms. The maximum Gasteiger partial charge on any atom is 0.333 e. The van der Waals surface area contributed by atoms with E-state index >= 15 is 0 Å². The highest BCUT2D eigenvalue weighted by Gasteiger charge is 2.26. The SMILES string of the molecule is COC(=O)[C@@H](NC(=O)c1ccncc1Cl)c1ccccc1Cl. The van der Waals surface area contributed by atoms with Crippen molar-refractivity contribution in [2.75, 3.05) is 7.11 Å². The van der Waals surface area contributed by atoms with E-state index in [1.54, 1.807) is 24.3 Å². The second-order valence-electron chi connectivity index (χ2n) is 4.31. The molecule has 0 spiro atoms. The Labute approximate surface area is 137 Å². The number of halogens is 2.